The zero-order valence-corrected chi connectivity index (χ0v) is 13.8. The van der Waals surface area contributed by atoms with Gasteiger partial charge in [-0.15, -0.1) is 11.3 Å². The second-order valence-electron chi connectivity index (χ2n) is 4.18. The summed E-state index contributed by atoms with van der Waals surface area (Å²) in [5.74, 6) is -1.56. The van der Waals surface area contributed by atoms with E-state index in [1.54, 1.807) is 20.8 Å². The van der Waals surface area contributed by atoms with E-state index in [9.17, 15) is 14.4 Å². The van der Waals surface area contributed by atoms with Crippen LogP contribution in [0.2, 0.25) is 0 Å². The Morgan fingerprint density at radius 2 is 1.68 bits per heavy atom. The van der Waals surface area contributed by atoms with E-state index in [0.717, 1.165) is 11.3 Å². The molecule has 0 unspecified atom stereocenters. The zero-order valence-electron chi connectivity index (χ0n) is 13.0. The van der Waals surface area contributed by atoms with E-state index in [-0.39, 0.29) is 35.3 Å². The van der Waals surface area contributed by atoms with Crippen molar-refractivity contribution in [1.29, 1.82) is 0 Å². The van der Waals surface area contributed by atoms with Crippen molar-refractivity contribution in [2.24, 2.45) is 0 Å². The van der Waals surface area contributed by atoms with Crippen LogP contribution in [0.1, 0.15) is 39.4 Å². The molecule has 0 saturated heterocycles. The first-order chi connectivity index (χ1) is 10.5. The highest BCUT2D eigenvalue weighted by Gasteiger charge is 2.27. The van der Waals surface area contributed by atoms with Crippen LogP contribution in [0.25, 0.3) is 0 Å². The molecule has 122 valence electrons. The minimum Gasteiger partial charge on any atom is -0.462 e. The monoisotopic (exact) mass is 329 g/mol. The molecule has 0 aliphatic heterocycles. The number of hydrogen-bond acceptors (Lipinski definition) is 7. The summed E-state index contributed by atoms with van der Waals surface area (Å²) in [7, 11) is 1.38. The van der Waals surface area contributed by atoms with Gasteiger partial charge < -0.3 is 19.5 Å². The molecule has 0 aliphatic carbocycles. The van der Waals surface area contributed by atoms with E-state index in [1.165, 1.54) is 7.11 Å². The van der Waals surface area contributed by atoms with Gasteiger partial charge in [0.15, 0.2) is 0 Å². The molecule has 7 nitrogen and oxygen atoms in total. The van der Waals surface area contributed by atoms with Gasteiger partial charge >= 0.3 is 11.9 Å². The number of nitrogens with one attached hydrogen (secondary N) is 1. The van der Waals surface area contributed by atoms with Gasteiger partial charge in [0.2, 0.25) is 0 Å². The van der Waals surface area contributed by atoms with Gasteiger partial charge in [-0.05, 0) is 26.3 Å². The Bertz CT molecular complexity index is 566. The summed E-state index contributed by atoms with van der Waals surface area (Å²) >= 11 is 0.980. The predicted molar refractivity (Wildman–Crippen MR) is 81.5 cm³/mol. The van der Waals surface area contributed by atoms with Crippen molar-refractivity contribution < 1.29 is 28.6 Å². The van der Waals surface area contributed by atoms with Crippen LogP contribution in [0.5, 0.6) is 0 Å². The zero-order chi connectivity index (χ0) is 16.7. The van der Waals surface area contributed by atoms with E-state index in [2.05, 4.69) is 5.32 Å². The van der Waals surface area contributed by atoms with Crippen molar-refractivity contribution in [3.8, 4) is 0 Å². The minimum atomic E-state index is -0.598. The molecule has 8 heteroatoms. The number of anilines is 1. The van der Waals surface area contributed by atoms with Gasteiger partial charge in [-0.25, -0.2) is 9.59 Å². The molecule has 1 heterocycles. The van der Waals surface area contributed by atoms with Crippen LogP contribution in [0.15, 0.2) is 0 Å². The average Bonchev–Trinajstić information content (AvgIpc) is 2.76. The van der Waals surface area contributed by atoms with Crippen molar-refractivity contribution in [3.05, 3.63) is 16.0 Å². The normalized spacial score (nSPS) is 10.2. The Hall–Kier alpha value is -1.93. The molecular weight excluding hydrogens is 310 g/mol. The Balaban J connectivity index is 3.21. The summed E-state index contributed by atoms with van der Waals surface area (Å²) in [6.45, 7) is 5.23. The Morgan fingerprint density at radius 3 is 2.23 bits per heavy atom. The van der Waals surface area contributed by atoms with E-state index in [4.69, 9.17) is 14.2 Å². The first kappa shape index (κ1) is 18.1. The van der Waals surface area contributed by atoms with Gasteiger partial charge in [0.25, 0.3) is 5.91 Å². The maximum atomic E-state index is 12.1. The van der Waals surface area contributed by atoms with E-state index < -0.39 is 17.8 Å². The van der Waals surface area contributed by atoms with Crippen LogP contribution < -0.4 is 5.32 Å². The average molecular weight is 329 g/mol. The second-order valence-corrected chi connectivity index (χ2v) is 5.20. The lowest BCUT2D eigenvalue weighted by molar-refractivity contribution is -0.119. The van der Waals surface area contributed by atoms with Gasteiger partial charge in [0.05, 0.1) is 18.8 Å². The van der Waals surface area contributed by atoms with Gasteiger partial charge in [0, 0.05) is 7.11 Å². The maximum absolute atomic E-state index is 12.1. The maximum Gasteiger partial charge on any atom is 0.348 e. The number of thiophene rings is 1. The number of rotatable bonds is 7. The van der Waals surface area contributed by atoms with Crippen LogP contribution in [0.3, 0.4) is 0 Å². The molecule has 1 aromatic heterocycles. The Morgan fingerprint density at radius 1 is 1.09 bits per heavy atom. The van der Waals surface area contributed by atoms with E-state index >= 15 is 0 Å². The highest BCUT2D eigenvalue weighted by molar-refractivity contribution is 7.18. The highest BCUT2D eigenvalue weighted by Crippen LogP contribution is 2.34. The molecule has 0 aromatic carbocycles. The van der Waals surface area contributed by atoms with Crippen LogP contribution in [0.4, 0.5) is 5.00 Å². The van der Waals surface area contributed by atoms with Crippen molar-refractivity contribution in [2.75, 3.05) is 32.2 Å². The lowest BCUT2D eigenvalue weighted by Crippen LogP contribution is -2.18. The van der Waals surface area contributed by atoms with Gasteiger partial charge in [-0.2, -0.15) is 0 Å². The minimum absolute atomic E-state index is 0.159. The molecule has 22 heavy (non-hydrogen) atoms. The number of hydrogen-bond donors (Lipinski definition) is 1. The number of carbonyl (C=O) groups is 3. The van der Waals surface area contributed by atoms with Crippen molar-refractivity contribution >= 4 is 34.2 Å². The summed E-state index contributed by atoms with van der Waals surface area (Å²) in [4.78, 5) is 35.9. The number of amides is 1. The molecule has 1 rings (SSSR count). The highest BCUT2D eigenvalue weighted by atomic mass is 32.1. The van der Waals surface area contributed by atoms with Crippen molar-refractivity contribution in [3.63, 3.8) is 0 Å². The van der Waals surface area contributed by atoms with Crippen LogP contribution in [-0.2, 0) is 19.0 Å². The molecule has 0 aliphatic rings. The number of esters is 2. The smallest absolute Gasteiger partial charge is 0.348 e. The van der Waals surface area contributed by atoms with Gasteiger partial charge in [0.1, 0.15) is 16.5 Å². The largest absolute Gasteiger partial charge is 0.462 e. The van der Waals surface area contributed by atoms with Gasteiger partial charge in [-0.1, -0.05) is 0 Å². The van der Waals surface area contributed by atoms with Crippen molar-refractivity contribution in [1.82, 2.24) is 0 Å². The fourth-order valence-electron chi connectivity index (χ4n) is 1.74. The predicted octanol–water partition coefficient (Wildman–Crippen LogP) is 1.99. The lowest BCUT2D eigenvalue weighted by Gasteiger charge is -2.06. The molecule has 0 atom stereocenters. The van der Waals surface area contributed by atoms with E-state index in [0.29, 0.717) is 5.56 Å². The summed E-state index contributed by atoms with van der Waals surface area (Å²) in [5.41, 5.74) is 0.592. The summed E-state index contributed by atoms with van der Waals surface area (Å²) < 4.78 is 14.7. The molecular formula is C14H19NO6S. The Kier molecular flexibility index (Phi) is 7.00. The molecule has 0 saturated carbocycles. The third-order valence-corrected chi connectivity index (χ3v) is 3.80. The molecule has 0 radical (unpaired) electrons. The molecule has 0 bridgehead atoms. The summed E-state index contributed by atoms with van der Waals surface area (Å²) in [5, 5.41) is 2.81. The standard InChI is InChI=1S/C14H19NO6S/c1-5-20-13(17)10-8(3)11(14(18)21-6-2)22-12(10)15-9(16)7-19-4/h5-7H2,1-4H3,(H,15,16). The SMILES string of the molecule is CCOC(=O)c1sc(NC(=O)COC)c(C(=O)OCC)c1C. The Labute approximate surface area is 132 Å². The van der Waals surface area contributed by atoms with E-state index in [1.807, 2.05) is 0 Å². The lowest BCUT2D eigenvalue weighted by atomic mass is 10.1. The summed E-state index contributed by atoms with van der Waals surface area (Å²) in [6.07, 6.45) is 0. The first-order valence-electron chi connectivity index (χ1n) is 6.72. The topological polar surface area (TPSA) is 90.9 Å². The van der Waals surface area contributed by atoms with Crippen molar-refractivity contribution in [2.45, 2.75) is 20.8 Å². The third kappa shape index (κ3) is 4.28. The fraction of sp³-hybridized carbons (Fsp3) is 0.500. The van der Waals surface area contributed by atoms with Crippen LogP contribution >= 0.6 is 11.3 Å². The molecule has 1 amide bonds. The molecule has 1 aromatic rings. The number of methoxy groups -OCH3 is 1. The van der Waals surface area contributed by atoms with Crippen LogP contribution in [0, 0.1) is 6.92 Å². The summed E-state index contributed by atoms with van der Waals surface area (Å²) in [6, 6.07) is 0. The van der Waals surface area contributed by atoms with Gasteiger partial charge in [-0.3, -0.25) is 4.79 Å². The second kappa shape index (κ2) is 8.50. The number of carbonyl (C=O) groups excluding carboxylic acids is 3. The third-order valence-electron chi connectivity index (χ3n) is 2.62. The molecule has 1 N–H and O–H groups in total. The first-order valence-corrected chi connectivity index (χ1v) is 7.54. The quantitative estimate of drug-likeness (QED) is 0.769. The molecule has 0 spiro atoms. The number of ether oxygens (including phenoxy) is 3. The molecule has 0 fully saturated rings. The fourth-order valence-corrected chi connectivity index (χ4v) is 2.84. The van der Waals surface area contributed by atoms with Crippen LogP contribution in [-0.4, -0.2) is 44.8 Å².